The number of benzene rings is 1. The Kier molecular flexibility index (Phi) is 5.73. The van der Waals surface area contributed by atoms with Crippen LogP contribution in [0.5, 0.6) is 0 Å². The summed E-state index contributed by atoms with van der Waals surface area (Å²) in [5.74, 6) is 1.19. The lowest BCUT2D eigenvalue weighted by atomic mass is 9.88. The molecule has 3 fully saturated rings. The van der Waals surface area contributed by atoms with E-state index in [4.69, 9.17) is 4.98 Å². The molecule has 0 radical (unpaired) electrons. The standard InChI is InChI=1S/C25H31FN6/c1-16-15-28-25(29-21-12-18(14-27)19(13-20(21)26)17-8-9-17)30-24(16)31(2)22-7-5-11-32-10-4-3-6-23(22)32/h12-13,15,17,22-23H,3-11H2,1-2H3,(H,28,29,30)/t22-,23+/m0/s1. The zero-order valence-corrected chi connectivity index (χ0v) is 18.9. The SMILES string of the molecule is Cc1cnc(Nc2cc(C#N)c(C3CC3)cc2F)nc1N(C)[C@H]1CCCN2CCCC[C@H]12. The van der Waals surface area contributed by atoms with Crippen LogP contribution >= 0.6 is 0 Å². The molecule has 1 N–H and O–H groups in total. The van der Waals surface area contributed by atoms with Crippen molar-refractivity contribution in [1.29, 1.82) is 5.26 Å². The first-order chi connectivity index (χ1) is 15.5. The molecule has 168 valence electrons. The van der Waals surface area contributed by atoms with Crippen LogP contribution in [-0.2, 0) is 0 Å². The summed E-state index contributed by atoms with van der Waals surface area (Å²) >= 11 is 0. The van der Waals surface area contributed by atoms with Crippen molar-refractivity contribution in [1.82, 2.24) is 14.9 Å². The molecule has 7 heteroatoms. The van der Waals surface area contributed by atoms with Crippen LogP contribution in [0.15, 0.2) is 18.3 Å². The number of hydrogen-bond donors (Lipinski definition) is 1. The van der Waals surface area contributed by atoms with Crippen molar-refractivity contribution < 1.29 is 4.39 Å². The Morgan fingerprint density at radius 2 is 1.97 bits per heavy atom. The molecule has 1 saturated carbocycles. The number of nitrogens with one attached hydrogen (secondary N) is 1. The Hall–Kier alpha value is -2.72. The van der Waals surface area contributed by atoms with Gasteiger partial charge in [-0.2, -0.15) is 10.2 Å². The van der Waals surface area contributed by atoms with Gasteiger partial charge in [0.2, 0.25) is 5.95 Å². The number of piperidine rings is 2. The highest BCUT2D eigenvalue weighted by molar-refractivity contribution is 5.62. The van der Waals surface area contributed by atoms with E-state index in [1.54, 1.807) is 12.3 Å². The van der Waals surface area contributed by atoms with Crippen molar-refractivity contribution >= 4 is 17.5 Å². The highest BCUT2D eigenvalue weighted by atomic mass is 19.1. The summed E-state index contributed by atoms with van der Waals surface area (Å²) in [5.41, 5.74) is 2.60. The minimum Gasteiger partial charge on any atom is -0.355 e. The van der Waals surface area contributed by atoms with E-state index in [0.717, 1.165) is 36.2 Å². The Morgan fingerprint density at radius 1 is 1.16 bits per heavy atom. The molecule has 1 aliphatic carbocycles. The lowest BCUT2D eigenvalue weighted by molar-refractivity contribution is 0.0893. The third-order valence-corrected chi connectivity index (χ3v) is 7.35. The van der Waals surface area contributed by atoms with Gasteiger partial charge in [0.25, 0.3) is 0 Å². The molecule has 2 saturated heterocycles. The third-order valence-electron chi connectivity index (χ3n) is 7.35. The minimum atomic E-state index is -0.366. The van der Waals surface area contributed by atoms with E-state index in [2.05, 4.69) is 33.2 Å². The van der Waals surface area contributed by atoms with Crippen molar-refractivity contribution in [3.8, 4) is 6.07 Å². The Morgan fingerprint density at radius 3 is 2.75 bits per heavy atom. The van der Waals surface area contributed by atoms with E-state index in [0.29, 0.717) is 29.5 Å². The monoisotopic (exact) mass is 434 g/mol. The fourth-order valence-electron chi connectivity index (χ4n) is 5.52. The number of hydrogen-bond acceptors (Lipinski definition) is 6. The zero-order chi connectivity index (χ0) is 22.2. The fourth-order valence-corrected chi connectivity index (χ4v) is 5.52. The molecule has 5 rings (SSSR count). The summed E-state index contributed by atoms with van der Waals surface area (Å²) in [6, 6.07) is 6.30. The molecule has 1 aromatic carbocycles. The molecular weight excluding hydrogens is 403 g/mol. The maximum Gasteiger partial charge on any atom is 0.229 e. The highest BCUT2D eigenvalue weighted by Gasteiger charge is 2.36. The number of nitrogens with zero attached hydrogens (tertiary/aromatic N) is 5. The van der Waals surface area contributed by atoms with Gasteiger partial charge in [0.15, 0.2) is 0 Å². The molecule has 6 nitrogen and oxygen atoms in total. The van der Waals surface area contributed by atoms with E-state index in [9.17, 15) is 9.65 Å². The van der Waals surface area contributed by atoms with E-state index >= 15 is 0 Å². The number of aromatic nitrogens is 2. The van der Waals surface area contributed by atoms with Crippen LogP contribution in [0.3, 0.4) is 0 Å². The van der Waals surface area contributed by atoms with E-state index < -0.39 is 0 Å². The maximum absolute atomic E-state index is 14.8. The molecule has 1 aromatic heterocycles. The number of halogens is 1. The van der Waals surface area contributed by atoms with Gasteiger partial charge in [-0.1, -0.05) is 6.42 Å². The van der Waals surface area contributed by atoms with Crippen LogP contribution in [-0.4, -0.2) is 47.1 Å². The summed E-state index contributed by atoms with van der Waals surface area (Å²) in [6.45, 7) is 4.42. The Bertz CT molecular complexity index is 1040. The molecule has 0 spiro atoms. The van der Waals surface area contributed by atoms with E-state index in [1.165, 1.54) is 44.8 Å². The molecule has 2 aliphatic heterocycles. The first-order valence-corrected chi connectivity index (χ1v) is 11.9. The van der Waals surface area contributed by atoms with Gasteiger partial charge in [-0.15, -0.1) is 0 Å². The van der Waals surface area contributed by atoms with Crippen LogP contribution in [0.2, 0.25) is 0 Å². The van der Waals surface area contributed by atoms with Gasteiger partial charge < -0.3 is 10.2 Å². The normalized spacial score (nSPS) is 23.3. The van der Waals surface area contributed by atoms with Crippen molar-refractivity contribution in [3.63, 3.8) is 0 Å². The molecular formula is C25H31FN6. The highest BCUT2D eigenvalue weighted by Crippen LogP contribution is 2.43. The number of likely N-dealkylation sites (N-methyl/N-ethyl adjacent to an activating group) is 1. The second-order valence-electron chi connectivity index (χ2n) is 9.55. The molecule has 32 heavy (non-hydrogen) atoms. The zero-order valence-electron chi connectivity index (χ0n) is 18.9. The molecule has 0 bridgehead atoms. The number of anilines is 3. The number of aryl methyl sites for hydroxylation is 1. The van der Waals surface area contributed by atoms with Crippen molar-refractivity contribution in [2.24, 2.45) is 0 Å². The van der Waals surface area contributed by atoms with Gasteiger partial charge in [0, 0.05) is 30.9 Å². The number of nitriles is 1. The summed E-state index contributed by atoms with van der Waals surface area (Å²) < 4.78 is 14.8. The Labute approximate surface area is 189 Å². The summed E-state index contributed by atoms with van der Waals surface area (Å²) in [6.07, 6.45) is 10.0. The number of rotatable bonds is 5. The molecule has 3 aliphatic rings. The van der Waals surface area contributed by atoms with Crippen LogP contribution in [0.4, 0.5) is 21.8 Å². The van der Waals surface area contributed by atoms with Crippen molar-refractivity contribution in [2.75, 3.05) is 30.4 Å². The average molecular weight is 435 g/mol. The molecule has 2 aromatic rings. The summed E-state index contributed by atoms with van der Waals surface area (Å²) in [7, 11) is 2.13. The second-order valence-corrected chi connectivity index (χ2v) is 9.55. The predicted molar refractivity (Wildman–Crippen MR) is 124 cm³/mol. The van der Waals surface area contributed by atoms with Crippen molar-refractivity contribution in [3.05, 3.63) is 40.8 Å². The molecule has 2 atom stereocenters. The molecule has 0 amide bonds. The van der Waals surface area contributed by atoms with E-state index in [-0.39, 0.29) is 11.5 Å². The van der Waals surface area contributed by atoms with Gasteiger partial charge in [-0.05, 0) is 82.2 Å². The first-order valence-electron chi connectivity index (χ1n) is 11.9. The summed E-state index contributed by atoms with van der Waals surface area (Å²) in [4.78, 5) is 14.1. The van der Waals surface area contributed by atoms with Gasteiger partial charge in [-0.3, -0.25) is 4.90 Å². The van der Waals surface area contributed by atoms with E-state index in [1.807, 2.05) is 6.92 Å². The third kappa shape index (κ3) is 4.04. The van der Waals surface area contributed by atoms with Gasteiger partial charge in [0.1, 0.15) is 11.6 Å². The first kappa shape index (κ1) is 21.1. The van der Waals surface area contributed by atoms with Crippen LogP contribution in [0.1, 0.15) is 67.6 Å². The van der Waals surface area contributed by atoms with Crippen LogP contribution in [0, 0.1) is 24.1 Å². The van der Waals surface area contributed by atoms with Crippen molar-refractivity contribution in [2.45, 2.75) is 69.9 Å². The topological polar surface area (TPSA) is 68.1 Å². The largest absolute Gasteiger partial charge is 0.355 e. The lowest BCUT2D eigenvalue weighted by Crippen LogP contribution is -2.56. The van der Waals surface area contributed by atoms with Gasteiger partial charge in [0.05, 0.1) is 17.3 Å². The van der Waals surface area contributed by atoms with Gasteiger partial charge in [-0.25, -0.2) is 9.37 Å². The Balaban J connectivity index is 1.40. The minimum absolute atomic E-state index is 0.250. The summed E-state index contributed by atoms with van der Waals surface area (Å²) in [5, 5.41) is 12.6. The van der Waals surface area contributed by atoms with Crippen LogP contribution < -0.4 is 10.2 Å². The molecule has 3 heterocycles. The smallest absolute Gasteiger partial charge is 0.229 e. The fraction of sp³-hybridized carbons (Fsp3) is 0.560. The van der Waals surface area contributed by atoms with Gasteiger partial charge >= 0.3 is 0 Å². The lowest BCUT2D eigenvalue weighted by Gasteiger charge is -2.47. The second kappa shape index (κ2) is 8.67. The van der Waals surface area contributed by atoms with Crippen LogP contribution in [0.25, 0.3) is 0 Å². The number of fused-ring (bicyclic) bond motifs is 1. The maximum atomic E-state index is 14.8. The average Bonchev–Trinajstić information content (AvgIpc) is 3.66. The molecule has 0 unspecified atom stereocenters. The predicted octanol–water partition coefficient (Wildman–Crippen LogP) is 4.87. The quantitative estimate of drug-likeness (QED) is 0.724.